The monoisotopic (exact) mass is 314 g/mol. The largest absolute Gasteiger partial charge is 0.493 e. The zero-order valence-electron chi connectivity index (χ0n) is 13.0. The van der Waals surface area contributed by atoms with Gasteiger partial charge >= 0.3 is 0 Å². The minimum absolute atomic E-state index is 0.313. The Labute approximate surface area is 134 Å². The van der Waals surface area contributed by atoms with Crippen molar-refractivity contribution in [2.24, 2.45) is 0 Å². The van der Waals surface area contributed by atoms with Crippen LogP contribution in [-0.2, 0) is 0 Å². The smallest absolute Gasteiger partial charge is 0.258 e. The van der Waals surface area contributed by atoms with Crippen LogP contribution in [0.2, 0.25) is 0 Å². The van der Waals surface area contributed by atoms with Gasteiger partial charge in [-0.25, -0.2) is 9.97 Å². The number of benzene rings is 1. The number of aromatic nitrogens is 2. The predicted molar refractivity (Wildman–Crippen MR) is 88.2 cm³/mol. The summed E-state index contributed by atoms with van der Waals surface area (Å²) in [7, 11) is 3.08. The molecular formula is C16H18N4O3. The first-order chi connectivity index (χ1) is 11.2. The first-order valence-electron chi connectivity index (χ1n) is 6.88. The molecule has 2 N–H and O–H groups in total. The van der Waals surface area contributed by atoms with Crippen LogP contribution in [0.4, 0.5) is 11.6 Å². The van der Waals surface area contributed by atoms with Crippen molar-refractivity contribution in [3.8, 4) is 11.5 Å². The van der Waals surface area contributed by atoms with Gasteiger partial charge in [0, 0.05) is 30.7 Å². The molecule has 7 heteroatoms. The van der Waals surface area contributed by atoms with E-state index < -0.39 is 0 Å². The minimum atomic E-state index is -0.313. The van der Waals surface area contributed by atoms with Gasteiger partial charge in [-0.05, 0) is 12.1 Å². The van der Waals surface area contributed by atoms with Crippen molar-refractivity contribution >= 4 is 17.5 Å². The summed E-state index contributed by atoms with van der Waals surface area (Å²) in [5.74, 6) is 1.25. The van der Waals surface area contributed by atoms with Crippen LogP contribution in [0.5, 0.6) is 11.5 Å². The Morgan fingerprint density at radius 3 is 2.52 bits per heavy atom. The van der Waals surface area contributed by atoms with E-state index in [-0.39, 0.29) is 5.91 Å². The summed E-state index contributed by atoms with van der Waals surface area (Å²) >= 11 is 0. The average Bonchev–Trinajstić information content (AvgIpc) is 2.60. The molecule has 0 fully saturated rings. The lowest BCUT2D eigenvalue weighted by molar-refractivity contribution is 0.102. The lowest BCUT2D eigenvalue weighted by atomic mass is 10.2. The Hall–Kier alpha value is -3.09. The molecule has 7 nitrogen and oxygen atoms in total. The molecule has 1 aromatic carbocycles. The van der Waals surface area contributed by atoms with Gasteiger partial charge in [0.05, 0.1) is 19.8 Å². The third-order valence-electron chi connectivity index (χ3n) is 2.96. The van der Waals surface area contributed by atoms with Crippen LogP contribution in [0, 0.1) is 0 Å². The van der Waals surface area contributed by atoms with Crippen LogP contribution < -0.4 is 20.1 Å². The van der Waals surface area contributed by atoms with E-state index in [4.69, 9.17) is 9.47 Å². The second kappa shape index (κ2) is 7.79. The van der Waals surface area contributed by atoms with Gasteiger partial charge in [-0.2, -0.15) is 0 Å². The number of rotatable bonds is 7. The maximum atomic E-state index is 12.2. The maximum Gasteiger partial charge on any atom is 0.258 e. The number of nitrogens with one attached hydrogen (secondary N) is 2. The summed E-state index contributed by atoms with van der Waals surface area (Å²) in [6, 6.07) is 5.12. The topological polar surface area (TPSA) is 85.4 Å². The number of carbonyl (C=O) groups excluding carboxylic acids is 1. The fraction of sp³-hybridized carbons (Fsp3) is 0.188. The zero-order valence-corrected chi connectivity index (χ0v) is 13.0. The second-order valence-corrected chi connectivity index (χ2v) is 4.49. The standard InChI is InChI=1S/C16H18N4O3/c1-4-7-17-16-18-9-11(10-19-16)15(21)20-12-5-6-13(22-2)14(8-12)23-3/h4-6,8-10H,1,7H2,2-3H3,(H,20,21)(H,17,18,19). The van der Waals surface area contributed by atoms with Crippen molar-refractivity contribution < 1.29 is 14.3 Å². The highest BCUT2D eigenvalue weighted by atomic mass is 16.5. The Morgan fingerprint density at radius 1 is 1.22 bits per heavy atom. The van der Waals surface area contributed by atoms with E-state index in [1.165, 1.54) is 19.5 Å². The van der Waals surface area contributed by atoms with Gasteiger partial charge in [0.1, 0.15) is 0 Å². The molecule has 0 atom stereocenters. The molecule has 0 aliphatic rings. The molecule has 2 rings (SSSR count). The predicted octanol–water partition coefficient (Wildman–Crippen LogP) is 2.34. The highest BCUT2D eigenvalue weighted by molar-refractivity contribution is 6.04. The summed E-state index contributed by atoms with van der Waals surface area (Å²) in [6.45, 7) is 4.15. The van der Waals surface area contributed by atoms with Gasteiger partial charge in [0.25, 0.3) is 5.91 Å². The summed E-state index contributed by atoms with van der Waals surface area (Å²) in [6.07, 6.45) is 4.60. The SMILES string of the molecule is C=CCNc1ncc(C(=O)Nc2ccc(OC)c(OC)c2)cn1. The number of anilines is 2. The summed E-state index contributed by atoms with van der Waals surface area (Å²) in [5.41, 5.74) is 0.936. The molecule has 1 heterocycles. The highest BCUT2D eigenvalue weighted by Gasteiger charge is 2.10. The van der Waals surface area contributed by atoms with Crippen LogP contribution >= 0.6 is 0 Å². The molecule has 0 radical (unpaired) electrons. The molecule has 0 unspecified atom stereocenters. The van der Waals surface area contributed by atoms with Crippen molar-refractivity contribution in [2.75, 3.05) is 31.4 Å². The van der Waals surface area contributed by atoms with Crippen LogP contribution in [0.1, 0.15) is 10.4 Å². The Morgan fingerprint density at radius 2 is 1.91 bits per heavy atom. The molecule has 0 aliphatic carbocycles. The van der Waals surface area contributed by atoms with Crippen LogP contribution in [-0.4, -0.2) is 36.6 Å². The minimum Gasteiger partial charge on any atom is -0.493 e. The summed E-state index contributed by atoms with van der Waals surface area (Å²) in [4.78, 5) is 20.3. The van der Waals surface area contributed by atoms with Crippen molar-refractivity contribution in [3.63, 3.8) is 0 Å². The van der Waals surface area contributed by atoms with Crippen molar-refractivity contribution in [1.82, 2.24) is 9.97 Å². The van der Waals surface area contributed by atoms with E-state index in [2.05, 4.69) is 27.2 Å². The zero-order chi connectivity index (χ0) is 16.7. The number of hydrogen-bond donors (Lipinski definition) is 2. The average molecular weight is 314 g/mol. The molecule has 1 amide bonds. The van der Waals surface area contributed by atoms with E-state index in [0.717, 1.165) is 0 Å². The number of methoxy groups -OCH3 is 2. The van der Waals surface area contributed by atoms with E-state index in [0.29, 0.717) is 35.2 Å². The molecule has 0 bridgehead atoms. The van der Waals surface area contributed by atoms with Crippen molar-refractivity contribution in [1.29, 1.82) is 0 Å². The highest BCUT2D eigenvalue weighted by Crippen LogP contribution is 2.29. The van der Waals surface area contributed by atoms with Crippen LogP contribution in [0.15, 0.2) is 43.2 Å². The molecule has 120 valence electrons. The van der Waals surface area contributed by atoms with Crippen LogP contribution in [0.3, 0.4) is 0 Å². The van der Waals surface area contributed by atoms with Crippen molar-refractivity contribution in [3.05, 3.63) is 48.8 Å². The molecule has 1 aromatic heterocycles. The molecular weight excluding hydrogens is 296 g/mol. The normalized spacial score (nSPS) is 9.83. The Bertz CT molecular complexity index is 686. The fourth-order valence-electron chi connectivity index (χ4n) is 1.82. The van der Waals surface area contributed by atoms with Gasteiger partial charge in [-0.15, -0.1) is 6.58 Å². The van der Waals surface area contributed by atoms with E-state index in [1.807, 2.05) is 0 Å². The van der Waals surface area contributed by atoms with E-state index >= 15 is 0 Å². The van der Waals surface area contributed by atoms with Gasteiger partial charge in [-0.3, -0.25) is 4.79 Å². The first-order valence-corrected chi connectivity index (χ1v) is 6.88. The van der Waals surface area contributed by atoms with Crippen LogP contribution in [0.25, 0.3) is 0 Å². The fourth-order valence-corrected chi connectivity index (χ4v) is 1.82. The lowest BCUT2D eigenvalue weighted by Crippen LogP contribution is -2.13. The summed E-state index contributed by atoms with van der Waals surface area (Å²) in [5, 5.41) is 5.69. The molecule has 2 aromatic rings. The van der Waals surface area contributed by atoms with Gasteiger partial charge in [0.15, 0.2) is 11.5 Å². The first kappa shape index (κ1) is 16.3. The van der Waals surface area contributed by atoms with E-state index in [9.17, 15) is 4.79 Å². The molecule has 23 heavy (non-hydrogen) atoms. The summed E-state index contributed by atoms with van der Waals surface area (Å²) < 4.78 is 10.4. The van der Waals surface area contributed by atoms with Gasteiger partial charge in [-0.1, -0.05) is 6.08 Å². The quantitative estimate of drug-likeness (QED) is 0.763. The van der Waals surface area contributed by atoms with Gasteiger partial charge < -0.3 is 20.1 Å². The Kier molecular flexibility index (Phi) is 5.51. The molecule has 0 spiro atoms. The van der Waals surface area contributed by atoms with Gasteiger partial charge in [0.2, 0.25) is 5.95 Å². The third-order valence-corrected chi connectivity index (χ3v) is 2.96. The number of nitrogens with zero attached hydrogens (tertiary/aromatic N) is 2. The number of amides is 1. The van der Waals surface area contributed by atoms with E-state index in [1.54, 1.807) is 31.4 Å². The molecule has 0 saturated heterocycles. The number of hydrogen-bond acceptors (Lipinski definition) is 6. The third kappa shape index (κ3) is 4.19. The maximum absolute atomic E-state index is 12.2. The second-order valence-electron chi connectivity index (χ2n) is 4.49. The Balaban J connectivity index is 2.08. The number of ether oxygens (including phenoxy) is 2. The number of carbonyl (C=O) groups is 1. The lowest BCUT2D eigenvalue weighted by Gasteiger charge is -2.10. The van der Waals surface area contributed by atoms with Crippen molar-refractivity contribution in [2.45, 2.75) is 0 Å². The molecule has 0 saturated carbocycles. The molecule has 0 aliphatic heterocycles.